The van der Waals surface area contributed by atoms with E-state index in [-0.39, 0.29) is 34.1 Å². The molecule has 0 radical (unpaired) electrons. The Hall–Kier alpha value is -5.17. The van der Waals surface area contributed by atoms with Crippen LogP contribution in [0.4, 0.5) is 21.5 Å². The van der Waals surface area contributed by atoms with E-state index < -0.39 is 48.6 Å². The van der Waals surface area contributed by atoms with Gasteiger partial charge in [-0.25, -0.2) is 9.40 Å². The van der Waals surface area contributed by atoms with Crippen molar-refractivity contribution >= 4 is 58.6 Å². The molecule has 0 aromatic heterocycles. The summed E-state index contributed by atoms with van der Waals surface area (Å²) in [5, 5.41) is 16.9. The maximum Gasteiger partial charge on any atom is 0.253 e. The standard InChI is InChI=1S/C28H26ClFN8O4/c1-33-27(41)20-9-8-19(13-21(20)30)34-28(42)24(11-17-5-3-2-4-6-17)37-15-25(39)36(14-26(37)40)23-12-18(29)7-10-22(23)38(16-31)35-32/h2-10,12-13,16,24,31-32H,11,14-15H2,1H3,(H,33,41)(H,34,42). The van der Waals surface area contributed by atoms with Crippen LogP contribution in [0, 0.1) is 16.8 Å². The fraction of sp³-hybridized carbons (Fsp3) is 0.179. The van der Waals surface area contributed by atoms with Gasteiger partial charge in [0, 0.05) is 24.2 Å². The van der Waals surface area contributed by atoms with Crippen LogP contribution in [0.15, 0.2) is 72.0 Å². The molecule has 1 saturated heterocycles. The fourth-order valence-corrected chi connectivity index (χ4v) is 4.68. The van der Waals surface area contributed by atoms with Crippen molar-refractivity contribution in [3.05, 3.63) is 88.7 Å². The predicted molar refractivity (Wildman–Crippen MR) is 154 cm³/mol. The number of nitrogens with zero attached hydrogens (tertiary/aromatic N) is 4. The molecule has 1 aliphatic heterocycles. The lowest BCUT2D eigenvalue weighted by atomic mass is 10.0. The Kier molecular flexibility index (Phi) is 9.22. The summed E-state index contributed by atoms with van der Waals surface area (Å²) in [6.45, 7) is -0.924. The van der Waals surface area contributed by atoms with E-state index in [0.29, 0.717) is 0 Å². The second-order valence-electron chi connectivity index (χ2n) is 9.18. The van der Waals surface area contributed by atoms with Gasteiger partial charge in [-0.05, 0) is 42.0 Å². The Labute approximate surface area is 245 Å². The molecule has 1 atom stereocenters. The lowest BCUT2D eigenvalue weighted by Crippen LogP contribution is -2.60. The first kappa shape index (κ1) is 29.8. The average molecular weight is 593 g/mol. The molecule has 14 heteroatoms. The number of hydrogen-bond acceptors (Lipinski definition) is 7. The number of carbonyl (C=O) groups excluding carboxylic acids is 4. The summed E-state index contributed by atoms with van der Waals surface area (Å²) in [6, 6.07) is 15.7. The molecule has 1 aliphatic rings. The smallest absolute Gasteiger partial charge is 0.253 e. The van der Waals surface area contributed by atoms with Gasteiger partial charge >= 0.3 is 0 Å². The molecule has 1 fully saturated rings. The number of anilines is 3. The molecule has 216 valence electrons. The van der Waals surface area contributed by atoms with Crippen molar-refractivity contribution in [2.45, 2.75) is 12.5 Å². The molecule has 0 spiro atoms. The van der Waals surface area contributed by atoms with Crippen molar-refractivity contribution in [2.24, 2.45) is 5.22 Å². The molecule has 0 saturated carbocycles. The Morgan fingerprint density at radius 1 is 1.10 bits per heavy atom. The van der Waals surface area contributed by atoms with Crippen LogP contribution in [0.5, 0.6) is 0 Å². The largest absolute Gasteiger partial charge is 0.355 e. The minimum Gasteiger partial charge on any atom is -0.355 e. The average Bonchev–Trinajstić information content (AvgIpc) is 2.98. The number of rotatable bonds is 10. The zero-order valence-electron chi connectivity index (χ0n) is 22.3. The highest BCUT2D eigenvalue weighted by Crippen LogP contribution is 2.34. The molecule has 1 heterocycles. The SMILES string of the molecule is CNC(=O)c1ccc(NC(=O)C(Cc2ccccc2)N2CC(=O)N(c3cc(Cl)ccc3N(C=N)N=N)CC2=O)cc1F. The van der Waals surface area contributed by atoms with Gasteiger partial charge in [0.2, 0.25) is 17.7 Å². The number of benzene rings is 3. The zero-order chi connectivity index (χ0) is 30.4. The molecule has 0 bridgehead atoms. The first-order valence-corrected chi connectivity index (χ1v) is 13.0. The van der Waals surface area contributed by atoms with Crippen molar-refractivity contribution in [2.75, 3.05) is 35.4 Å². The Morgan fingerprint density at radius 3 is 2.48 bits per heavy atom. The van der Waals surface area contributed by atoms with E-state index in [9.17, 15) is 23.6 Å². The van der Waals surface area contributed by atoms with E-state index in [1.54, 1.807) is 30.3 Å². The molecule has 1 unspecified atom stereocenters. The van der Waals surface area contributed by atoms with E-state index in [2.05, 4.69) is 15.9 Å². The van der Waals surface area contributed by atoms with Gasteiger partial charge in [0.25, 0.3) is 5.91 Å². The van der Waals surface area contributed by atoms with Crippen LogP contribution >= 0.6 is 11.6 Å². The van der Waals surface area contributed by atoms with Crippen molar-refractivity contribution in [1.82, 2.24) is 10.2 Å². The molecule has 4 N–H and O–H groups in total. The topological polar surface area (TPSA) is 162 Å². The molecule has 0 aliphatic carbocycles. The number of amides is 4. The first-order chi connectivity index (χ1) is 20.2. The van der Waals surface area contributed by atoms with Crippen LogP contribution in [0.1, 0.15) is 15.9 Å². The van der Waals surface area contributed by atoms with E-state index >= 15 is 0 Å². The first-order valence-electron chi connectivity index (χ1n) is 12.6. The van der Waals surface area contributed by atoms with Crippen LogP contribution in [0.3, 0.4) is 0 Å². The molecule has 4 rings (SSSR count). The van der Waals surface area contributed by atoms with Crippen LogP contribution in [-0.2, 0) is 20.8 Å². The van der Waals surface area contributed by atoms with Crippen molar-refractivity contribution < 1.29 is 23.6 Å². The van der Waals surface area contributed by atoms with Gasteiger partial charge < -0.3 is 15.5 Å². The molecule has 4 amide bonds. The summed E-state index contributed by atoms with van der Waals surface area (Å²) in [5.41, 5.74) is 8.27. The van der Waals surface area contributed by atoms with Crippen molar-refractivity contribution in [3.8, 4) is 0 Å². The van der Waals surface area contributed by atoms with E-state index in [0.717, 1.165) is 32.8 Å². The van der Waals surface area contributed by atoms with Crippen molar-refractivity contribution in [3.63, 3.8) is 0 Å². The minimum absolute atomic E-state index is 0.0617. The summed E-state index contributed by atoms with van der Waals surface area (Å²) >= 11 is 6.16. The van der Waals surface area contributed by atoms with Crippen LogP contribution < -0.4 is 20.5 Å². The number of carbonyl (C=O) groups is 4. The second kappa shape index (κ2) is 13.0. The number of piperazine rings is 1. The van der Waals surface area contributed by atoms with Gasteiger partial charge in [-0.1, -0.05) is 47.2 Å². The predicted octanol–water partition coefficient (Wildman–Crippen LogP) is 3.62. The summed E-state index contributed by atoms with van der Waals surface area (Å²) in [4.78, 5) is 54.7. The highest BCUT2D eigenvalue weighted by atomic mass is 35.5. The maximum absolute atomic E-state index is 14.6. The summed E-state index contributed by atoms with van der Waals surface area (Å²) in [6.07, 6.45) is 0.832. The highest BCUT2D eigenvalue weighted by molar-refractivity contribution is 6.31. The van der Waals surface area contributed by atoms with Crippen LogP contribution in [-0.4, -0.2) is 61.0 Å². The van der Waals surface area contributed by atoms with E-state index in [1.165, 1.54) is 37.4 Å². The number of hydrogen-bond donors (Lipinski definition) is 4. The van der Waals surface area contributed by atoms with Gasteiger partial charge in [0.05, 0.1) is 16.9 Å². The molecule has 12 nitrogen and oxygen atoms in total. The van der Waals surface area contributed by atoms with Crippen molar-refractivity contribution in [1.29, 1.82) is 10.9 Å². The lowest BCUT2D eigenvalue weighted by Gasteiger charge is -2.38. The molecule has 3 aromatic carbocycles. The third kappa shape index (κ3) is 6.41. The highest BCUT2D eigenvalue weighted by Gasteiger charge is 2.39. The summed E-state index contributed by atoms with van der Waals surface area (Å²) in [5.74, 6) is -3.23. The van der Waals surface area contributed by atoms with E-state index in [4.69, 9.17) is 22.5 Å². The minimum atomic E-state index is -1.15. The van der Waals surface area contributed by atoms with Gasteiger partial charge in [-0.2, -0.15) is 5.53 Å². The van der Waals surface area contributed by atoms with E-state index in [1.807, 2.05) is 0 Å². The van der Waals surface area contributed by atoms with Gasteiger partial charge in [0.1, 0.15) is 31.3 Å². The van der Waals surface area contributed by atoms with Gasteiger partial charge in [0.15, 0.2) is 0 Å². The van der Waals surface area contributed by atoms with Crippen LogP contribution in [0.2, 0.25) is 5.02 Å². The molecular formula is C28H26ClFN8O4. The second-order valence-corrected chi connectivity index (χ2v) is 9.61. The molecule has 3 aromatic rings. The van der Waals surface area contributed by atoms with Crippen LogP contribution in [0.25, 0.3) is 0 Å². The monoisotopic (exact) mass is 592 g/mol. The molecule has 42 heavy (non-hydrogen) atoms. The maximum atomic E-state index is 14.6. The Balaban J connectivity index is 1.63. The van der Waals surface area contributed by atoms with Gasteiger partial charge in [-0.15, -0.1) is 0 Å². The molecular weight excluding hydrogens is 567 g/mol. The summed E-state index contributed by atoms with van der Waals surface area (Å²) < 4.78 is 14.6. The zero-order valence-corrected chi connectivity index (χ0v) is 23.1. The third-order valence-electron chi connectivity index (χ3n) is 6.58. The number of halogens is 2. The Bertz CT molecular complexity index is 1550. The lowest BCUT2D eigenvalue weighted by molar-refractivity contribution is -0.143. The number of nitrogens with one attached hydrogen (secondary N) is 4. The summed E-state index contributed by atoms with van der Waals surface area (Å²) in [7, 11) is 1.37. The van der Waals surface area contributed by atoms with Gasteiger partial charge in [-0.3, -0.25) is 29.5 Å². The third-order valence-corrected chi connectivity index (χ3v) is 6.82. The Morgan fingerprint density at radius 2 is 1.83 bits per heavy atom. The normalized spacial score (nSPS) is 13.8. The quantitative estimate of drug-likeness (QED) is 0.122. The fourth-order valence-electron chi connectivity index (χ4n) is 4.51.